The number of hydrogen-bond acceptors (Lipinski definition) is 6. The summed E-state index contributed by atoms with van der Waals surface area (Å²) in [5.41, 5.74) is 9.08. The molecule has 1 aliphatic heterocycles. The number of rotatable bonds is 2. The summed E-state index contributed by atoms with van der Waals surface area (Å²) in [6.07, 6.45) is 5.54. The van der Waals surface area contributed by atoms with Crippen molar-refractivity contribution in [2.24, 2.45) is 0 Å². The molecule has 2 fully saturated rings. The minimum absolute atomic E-state index is 0.625. The van der Waals surface area contributed by atoms with Crippen molar-refractivity contribution in [3.63, 3.8) is 0 Å². The van der Waals surface area contributed by atoms with Crippen LogP contribution in [0.4, 0.5) is 11.4 Å². The average molecular weight is 287 g/mol. The molecule has 1 saturated carbocycles. The lowest BCUT2D eigenvalue weighted by molar-refractivity contribution is 0.187. The first-order valence-electron chi connectivity index (χ1n) is 7.82. The summed E-state index contributed by atoms with van der Waals surface area (Å²) in [7, 11) is 0. The zero-order chi connectivity index (χ0) is 14.2. The summed E-state index contributed by atoms with van der Waals surface area (Å²) in [4.78, 5) is 5.02. The number of hydrogen-bond donors (Lipinski definition) is 1. The Morgan fingerprint density at radius 2 is 1.71 bits per heavy atom. The lowest BCUT2D eigenvalue weighted by Crippen LogP contribution is -2.49. The smallest absolute Gasteiger partial charge is 0.160 e. The number of nitrogen functional groups attached to an aromatic ring is 1. The van der Waals surface area contributed by atoms with Gasteiger partial charge in [0.2, 0.25) is 0 Å². The minimum Gasteiger partial charge on any atom is -0.397 e. The molecule has 2 heterocycles. The van der Waals surface area contributed by atoms with Crippen LogP contribution in [0, 0.1) is 0 Å². The lowest BCUT2D eigenvalue weighted by atomic mass is 10.1. The molecule has 2 N–H and O–H groups in total. The van der Waals surface area contributed by atoms with Gasteiger partial charge in [0.05, 0.1) is 11.4 Å². The SMILES string of the molecule is Nc1ccc(N2CCN(C3CCCC3)CC2)c2nonc12. The topological polar surface area (TPSA) is 71.4 Å². The molecule has 0 unspecified atom stereocenters. The van der Waals surface area contributed by atoms with E-state index in [0.717, 1.165) is 43.4 Å². The zero-order valence-electron chi connectivity index (χ0n) is 12.2. The van der Waals surface area contributed by atoms with E-state index in [0.29, 0.717) is 11.2 Å². The molecule has 0 radical (unpaired) electrons. The van der Waals surface area contributed by atoms with E-state index in [4.69, 9.17) is 10.4 Å². The van der Waals surface area contributed by atoms with Gasteiger partial charge in [-0.05, 0) is 35.3 Å². The van der Waals surface area contributed by atoms with E-state index < -0.39 is 0 Å². The number of piperazine rings is 1. The Morgan fingerprint density at radius 3 is 2.48 bits per heavy atom. The second-order valence-corrected chi connectivity index (χ2v) is 6.10. The van der Waals surface area contributed by atoms with Crippen LogP contribution in [0.2, 0.25) is 0 Å². The molecule has 1 aromatic carbocycles. The maximum absolute atomic E-state index is 5.91. The van der Waals surface area contributed by atoms with Crippen molar-refractivity contribution in [3.8, 4) is 0 Å². The van der Waals surface area contributed by atoms with Crippen LogP contribution < -0.4 is 10.6 Å². The Hall–Kier alpha value is -1.82. The molecular weight excluding hydrogens is 266 g/mol. The molecule has 1 aromatic heterocycles. The molecule has 2 aromatic rings. The van der Waals surface area contributed by atoms with E-state index in [1.54, 1.807) is 0 Å². The number of nitrogens with two attached hydrogens (primary N) is 1. The molecule has 0 atom stereocenters. The van der Waals surface area contributed by atoms with Crippen LogP contribution in [-0.2, 0) is 0 Å². The van der Waals surface area contributed by atoms with Gasteiger partial charge in [0, 0.05) is 32.2 Å². The van der Waals surface area contributed by atoms with Crippen molar-refractivity contribution in [2.45, 2.75) is 31.7 Å². The van der Waals surface area contributed by atoms with Gasteiger partial charge in [-0.25, -0.2) is 4.63 Å². The van der Waals surface area contributed by atoms with Gasteiger partial charge in [0.1, 0.15) is 0 Å². The van der Waals surface area contributed by atoms with Crippen molar-refractivity contribution in [1.29, 1.82) is 0 Å². The van der Waals surface area contributed by atoms with E-state index in [-0.39, 0.29) is 0 Å². The van der Waals surface area contributed by atoms with Crippen molar-refractivity contribution in [1.82, 2.24) is 15.2 Å². The van der Waals surface area contributed by atoms with E-state index in [2.05, 4.69) is 20.1 Å². The van der Waals surface area contributed by atoms with Gasteiger partial charge in [-0.2, -0.15) is 0 Å². The molecule has 0 bridgehead atoms. The third kappa shape index (κ3) is 2.23. The first-order valence-corrected chi connectivity index (χ1v) is 7.82. The maximum Gasteiger partial charge on any atom is 0.160 e. The van der Waals surface area contributed by atoms with E-state index in [1.165, 1.54) is 25.7 Å². The molecule has 1 saturated heterocycles. The van der Waals surface area contributed by atoms with Crippen LogP contribution in [0.15, 0.2) is 16.8 Å². The van der Waals surface area contributed by atoms with Gasteiger partial charge in [-0.1, -0.05) is 12.8 Å². The van der Waals surface area contributed by atoms with Crippen LogP contribution in [0.1, 0.15) is 25.7 Å². The van der Waals surface area contributed by atoms with E-state index in [9.17, 15) is 0 Å². The Kier molecular flexibility index (Phi) is 3.18. The standard InChI is InChI=1S/C15H21N5O/c16-12-5-6-13(15-14(12)17-21-18-15)20-9-7-19(8-10-20)11-3-1-2-4-11/h5-6,11H,1-4,7-10,16H2. The van der Waals surface area contributed by atoms with E-state index in [1.807, 2.05) is 12.1 Å². The number of benzene rings is 1. The zero-order valence-corrected chi connectivity index (χ0v) is 12.2. The summed E-state index contributed by atoms with van der Waals surface area (Å²) >= 11 is 0. The number of aromatic nitrogens is 2. The summed E-state index contributed by atoms with van der Waals surface area (Å²) in [5, 5.41) is 7.93. The minimum atomic E-state index is 0.625. The highest BCUT2D eigenvalue weighted by Gasteiger charge is 2.27. The third-order valence-electron chi connectivity index (χ3n) is 4.92. The Bertz CT molecular complexity index is 626. The van der Waals surface area contributed by atoms with Gasteiger partial charge in [-0.3, -0.25) is 4.90 Å². The number of anilines is 2. The fourth-order valence-electron chi connectivity index (χ4n) is 3.73. The highest BCUT2D eigenvalue weighted by molar-refractivity contribution is 5.95. The molecule has 0 spiro atoms. The monoisotopic (exact) mass is 287 g/mol. The first kappa shape index (κ1) is 12.9. The summed E-state index contributed by atoms with van der Waals surface area (Å²) in [5.74, 6) is 0. The van der Waals surface area contributed by atoms with Crippen molar-refractivity contribution >= 4 is 22.4 Å². The Balaban J connectivity index is 1.52. The van der Waals surface area contributed by atoms with Gasteiger partial charge < -0.3 is 10.6 Å². The fraction of sp³-hybridized carbons (Fsp3) is 0.600. The summed E-state index contributed by atoms with van der Waals surface area (Å²) in [6, 6.07) is 4.74. The number of fused-ring (bicyclic) bond motifs is 1. The van der Waals surface area contributed by atoms with Crippen LogP contribution in [0.25, 0.3) is 11.0 Å². The molecule has 6 nitrogen and oxygen atoms in total. The molecular formula is C15H21N5O. The van der Waals surface area contributed by atoms with E-state index >= 15 is 0 Å². The predicted molar refractivity (Wildman–Crippen MR) is 82.3 cm³/mol. The third-order valence-corrected chi connectivity index (χ3v) is 4.92. The molecule has 21 heavy (non-hydrogen) atoms. The first-order chi connectivity index (χ1) is 10.3. The fourth-order valence-corrected chi connectivity index (χ4v) is 3.73. The van der Waals surface area contributed by atoms with Crippen LogP contribution in [0.5, 0.6) is 0 Å². The quantitative estimate of drug-likeness (QED) is 0.850. The maximum atomic E-state index is 5.91. The Morgan fingerprint density at radius 1 is 1.00 bits per heavy atom. The second-order valence-electron chi connectivity index (χ2n) is 6.10. The van der Waals surface area contributed by atoms with Crippen LogP contribution in [0.3, 0.4) is 0 Å². The average Bonchev–Trinajstić information content (AvgIpc) is 3.20. The second kappa shape index (κ2) is 5.18. The molecule has 4 rings (SSSR count). The van der Waals surface area contributed by atoms with Gasteiger partial charge in [-0.15, -0.1) is 0 Å². The van der Waals surface area contributed by atoms with Gasteiger partial charge >= 0.3 is 0 Å². The Labute approximate surface area is 123 Å². The van der Waals surface area contributed by atoms with Crippen LogP contribution >= 0.6 is 0 Å². The lowest BCUT2D eigenvalue weighted by Gasteiger charge is -2.39. The van der Waals surface area contributed by atoms with Crippen molar-refractivity contribution in [3.05, 3.63) is 12.1 Å². The normalized spacial score (nSPS) is 21.4. The van der Waals surface area contributed by atoms with Gasteiger partial charge in [0.15, 0.2) is 11.0 Å². The van der Waals surface area contributed by atoms with Crippen LogP contribution in [-0.4, -0.2) is 47.4 Å². The largest absolute Gasteiger partial charge is 0.397 e. The van der Waals surface area contributed by atoms with Crippen molar-refractivity contribution < 1.29 is 4.63 Å². The number of nitrogens with zero attached hydrogens (tertiary/aromatic N) is 4. The summed E-state index contributed by atoms with van der Waals surface area (Å²) < 4.78 is 4.86. The highest BCUT2D eigenvalue weighted by Crippen LogP contribution is 2.30. The van der Waals surface area contributed by atoms with Gasteiger partial charge in [0.25, 0.3) is 0 Å². The predicted octanol–water partition coefficient (Wildman–Crippen LogP) is 1.87. The molecule has 2 aliphatic rings. The molecule has 6 heteroatoms. The molecule has 1 aliphatic carbocycles. The summed E-state index contributed by atoms with van der Waals surface area (Å²) in [6.45, 7) is 4.31. The molecule has 0 amide bonds. The van der Waals surface area contributed by atoms with Crippen molar-refractivity contribution in [2.75, 3.05) is 36.8 Å². The molecule has 112 valence electrons. The highest BCUT2D eigenvalue weighted by atomic mass is 16.6.